The summed E-state index contributed by atoms with van der Waals surface area (Å²) in [4.78, 5) is 14.0. The van der Waals surface area contributed by atoms with E-state index in [2.05, 4.69) is 13.8 Å². The molecule has 0 spiro atoms. The van der Waals surface area contributed by atoms with Gasteiger partial charge in [-0.2, -0.15) is 0 Å². The molecule has 21 heavy (non-hydrogen) atoms. The van der Waals surface area contributed by atoms with Crippen LogP contribution in [-0.4, -0.2) is 32.8 Å². The molecule has 1 unspecified atom stereocenters. The first-order chi connectivity index (χ1) is 9.70. The first kappa shape index (κ1) is 17.7. The van der Waals surface area contributed by atoms with E-state index in [1.165, 1.54) is 6.07 Å². The Labute approximate surface area is 127 Å². The Hall–Kier alpha value is -1.40. The van der Waals surface area contributed by atoms with E-state index in [1.54, 1.807) is 24.1 Å². The highest BCUT2D eigenvalue weighted by Crippen LogP contribution is 2.18. The zero-order chi connectivity index (χ0) is 16.2. The number of primary sulfonamides is 1. The molecule has 118 valence electrons. The lowest BCUT2D eigenvalue weighted by atomic mass is 10.1. The smallest absolute Gasteiger partial charge is 0.253 e. The van der Waals surface area contributed by atoms with Crippen LogP contribution in [-0.2, 0) is 16.4 Å². The summed E-state index contributed by atoms with van der Waals surface area (Å²) in [6.07, 6.45) is 1.53. The summed E-state index contributed by atoms with van der Waals surface area (Å²) in [7, 11) is -2.10. The molecule has 2 N–H and O–H groups in total. The van der Waals surface area contributed by atoms with E-state index in [4.69, 9.17) is 5.14 Å². The number of aryl methyl sites for hydroxylation is 1. The Morgan fingerprint density at radius 3 is 2.43 bits per heavy atom. The number of carbonyl (C=O) groups excluding carboxylic acids is 1. The van der Waals surface area contributed by atoms with E-state index in [1.807, 2.05) is 6.92 Å². The minimum atomic E-state index is -3.83. The topological polar surface area (TPSA) is 80.5 Å². The van der Waals surface area contributed by atoms with Crippen molar-refractivity contribution in [1.29, 1.82) is 0 Å². The normalized spacial score (nSPS) is 13.0. The van der Waals surface area contributed by atoms with Crippen LogP contribution >= 0.6 is 0 Å². The van der Waals surface area contributed by atoms with Crippen molar-refractivity contribution in [3.8, 4) is 0 Å². The molecule has 0 aliphatic carbocycles. The standard InChI is InChI=1S/C15H24N2O3S/c1-5-11(3)10-17(4)15(18)13-8-7-12(6-2)14(9-13)21(16,19)20/h7-9,11H,5-6,10H2,1-4H3,(H2,16,19,20). The van der Waals surface area contributed by atoms with Gasteiger partial charge in [0.1, 0.15) is 0 Å². The number of sulfonamides is 1. The van der Waals surface area contributed by atoms with Gasteiger partial charge in [0.2, 0.25) is 10.0 Å². The first-order valence-corrected chi connectivity index (χ1v) is 8.66. The van der Waals surface area contributed by atoms with E-state index < -0.39 is 10.0 Å². The van der Waals surface area contributed by atoms with Gasteiger partial charge >= 0.3 is 0 Å². The minimum absolute atomic E-state index is 0.0350. The fourth-order valence-corrected chi connectivity index (χ4v) is 3.01. The lowest BCUT2D eigenvalue weighted by Crippen LogP contribution is -2.31. The van der Waals surface area contributed by atoms with E-state index >= 15 is 0 Å². The number of nitrogens with zero attached hydrogens (tertiary/aromatic N) is 1. The molecule has 0 fully saturated rings. The van der Waals surface area contributed by atoms with Crippen molar-refractivity contribution in [3.05, 3.63) is 29.3 Å². The maximum atomic E-state index is 12.4. The van der Waals surface area contributed by atoms with Gasteiger partial charge < -0.3 is 4.90 Å². The van der Waals surface area contributed by atoms with Gasteiger partial charge in [-0.15, -0.1) is 0 Å². The van der Waals surface area contributed by atoms with Crippen LogP contribution in [0.25, 0.3) is 0 Å². The van der Waals surface area contributed by atoms with Gasteiger partial charge in [0.25, 0.3) is 5.91 Å². The Balaban J connectivity index is 3.12. The summed E-state index contributed by atoms with van der Waals surface area (Å²) < 4.78 is 23.3. The van der Waals surface area contributed by atoms with Gasteiger partial charge in [0.15, 0.2) is 0 Å². The van der Waals surface area contributed by atoms with E-state index in [9.17, 15) is 13.2 Å². The van der Waals surface area contributed by atoms with Gasteiger partial charge in [-0.05, 0) is 30.0 Å². The van der Waals surface area contributed by atoms with Crippen molar-refractivity contribution in [2.24, 2.45) is 11.1 Å². The summed E-state index contributed by atoms with van der Waals surface area (Å²) in [6, 6.07) is 4.69. The second kappa shape index (κ2) is 7.04. The van der Waals surface area contributed by atoms with Crippen LogP contribution in [0.4, 0.5) is 0 Å². The molecule has 1 aromatic carbocycles. The summed E-state index contributed by atoms with van der Waals surface area (Å²) in [5.74, 6) is 0.203. The number of nitrogens with two attached hydrogens (primary N) is 1. The molecular formula is C15H24N2O3S. The SMILES string of the molecule is CCc1ccc(C(=O)N(C)CC(C)CC)cc1S(N)(=O)=O. The summed E-state index contributed by atoms with van der Waals surface area (Å²) >= 11 is 0. The molecule has 1 atom stereocenters. The fourth-order valence-electron chi connectivity index (χ4n) is 2.14. The first-order valence-electron chi connectivity index (χ1n) is 7.11. The molecule has 0 bridgehead atoms. The van der Waals surface area contributed by atoms with Crippen molar-refractivity contribution in [3.63, 3.8) is 0 Å². The van der Waals surface area contributed by atoms with Crippen molar-refractivity contribution in [1.82, 2.24) is 4.90 Å². The van der Waals surface area contributed by atoms with Crippen LogP contribution < -0.4 is 5.14 Å². The lowest BCUT2D eigenvalue weighted by molar-refractivity contribution is 0.0774. The average molecular weight is 312 g/mol. The molecule has 0 heterocycles. The Bertz CT molecular complexity index is 611. The second-order valence-corrected chi connectivity index (χ2v) is 6.95. The number of carbonyl (C=O) groups is 1. The zero-order valence-electron chi connectivity index (χ0n) is 13.1. The highest BCUT2D eigenvalue weighted by Gasteiger charge is 2.19. The lowest BCUT2D eigenvalue weighted by Gasteiger charge is -2.21. The van der Waals surface area contributed by atoms with Gasteiger partial charge in [-0.3, -0.25) is 4.79 Å². The summed E-state index contributed by atoms with van der Waals surface area (Å²) in [5, 5.41) is 5.23. The van der Waals surface area contributed by atoms with Gasteiger partial charge in [-0.1, -0.05) is 33.3 Å². The quantitative estimate of drug-likeness (QED) is 0.872. The van der Waals surface area contributed by atoms with E-state index in [0.29, 0.717) is 30.0 Å². The maximum Gasteiger partial charge on any atom is 0.253 e. The number of amides is 1. The van der Waals surface area contributed by atoms with Crippen LogP contribution in [0.5, 0.6) is 0 Å². The molecular weight excluding hydrogens is 288 g/mol. The molecule has 0 aliphatic heterocycles. The highest BCUT2D eigenvalue weighted by molar-refractivity contribution is 7.89. The minimum Gasteiger partial charge on any atom is -0.341 e. The summed E-state index contributed by atoms with van der Waals surface area (Å²) in [5.41, 5.74) is 0.973. The molecule has 0 radical (unpaired) electrons. The largest absolute Gasteiger partial charge is 0.341 e. The maximum absolute atomic E-state index is 12.4. The predicted octanol–water partition coefficient (Wildman–Crippen LogP) is 2.01. The predicted molar refractivity (Wildman–Crippen MR) is 83.6 cm³/mol. The molecule has 1 amide bonds. The Kier molecular flexibility index (Phi) is 5.92. The Morgan fingerprint density at radius 1 is 1.33 bits per heavy atom. The molecule has 0 aromatic heterocycles. The van der Waals surface area contributed by atoms with Crippen molar-refractivity contribution in [2.45, 2.75) is 38.5 Å². The van der Waals surface area contributed by atoms with Crippen molar-refractivity contribution >= 4 is 15.9 Å². The number of hydrogen-bond acceptors (Lipinski definition) is 3. The van der Waals surface area contributed by atoms with Crippen LogP contribution in [0.15, 0.2) is 23.1 Å². The van der Waals surface area contributed by atoms with Gasteiger partial charge in [0, 0.05) is 19.2 Å². The third-order valence-corrected chi connectivity index (χ3v) is 4.62. The van der Waals surface area contributed by atoms with E-state index in [-0.39, 0.29) is 10.8 Å². The zero-order valence-corrected chi connectivity index (χ0v) is 13.9. The van der Waals surface area contributed by atoms with Crippen LogP contribution in [0.1, 0.15) is 43.1 Å². The van der Waals surface area contributed by atoms with Crippen molar-refractivity contribution in [2.75, 3.05) is 13.6 Å². The highest BCUT2D eigenvalue weighted by atomic mass is 32.2. The molecule has 0 aliphatic rings. The third-order valence-electron chi connectivity index (χ3n) is 3.63. The molecule has 0 saturated heterocycles. The molecule has 5 nitrogen and oxygen atoms in total. The van der Waals surface area contributed by atoms with Crippen LogP contribution in [0, 0.1) is 5.92 Å². The molecule has 1 rings (SSSR count). The second-order valence-electron chi connectivity index (χ2n) is 5.42. The molecule has 1 aromatic rings. The summed E-state index contributed by atoms with van der Waals surface area (Å²) in [6.45, 7) is 6.62. The fraction of sp³-hybridized carbons (Fsp3) is 0.533. The number of rotatable bonds is 6. The van der Waals surface area contributed by atoms with Gasteiger partial charge in [0.05, 0.1) is 4.90 Å². The third kappa shape index (κ3) is 4.54. The van der Waals surface area contributed by atoms with Crippen LogP contribution in [0.2, 0.25) is 0 Å². The number of benzene rings is 1. The van der Waals surface area contributed by atoms with E-state index in [0.717, 1.165) is 6.42 Å². The monoisotopic (exact) mass is 312 g/mol. The number of hydrogen-bond donors (Lipinski definition) is 1. The molecule has 0 saturated carbocycles. The van der Waals surface area contributed by atoms with Crippen LogP contribution in [0.3, 0.4) is 0 Å². The van der Waals surface area contributed by atoms with Crippen molar-refractivity contribution < 1.29 is 13.2 Å². The van der Waals surface area contributed by atoms with Gasteiger partial charge in [-0.25, -0.2) is 13.6 Å². The molecule has 6 heteroatoms. The average Bonchev–Trinajstić information content (AvgIpc) is 2.44. The Morgan fingerprint density at radius 2 is 1.95 bits per heavy atom.